The monoisotopic (exact) mass is 356 g/mol. The van der Waals surface area contributed by atoms with E-state index < -0.39 is 2.27 Å². The molecular formula is C7H7Br3N2. The maximum Gasteiger partial charge on any atom is 0.220 e. The van der Waals surface area contributed by atoms with Gasteiger partial charge in [-0.25, -0.2) is 5.84 Å². The lowest BCUT2D eigenvalue weighted by molar-refractivity contribution is 0.946. The third-order valence-electron chi connectivity index (χ3n) is 1.31. The van der Waals surface area contributed by atoms with Crippen molar-refractivity contribution in [2.45, 2.75) is 2.27 Å². The van der Waals surface area contributed by atoms with Crippen LogP contribution in [0.1, 0.15) is 0 Å². The highest BCUT2D eigenvalue weighted by molar-refractivity contribution is 9.39. The summed E-state index contributed by atoms with van der Waals surface area (Å²) in [5.41, 5.74) is 0.906. The summed E-state index contributed by atoms with van der Waals surface area (Å²) in [5, 5.41) is 1.52. The van der Waals surface area contributed by atoms with Crippen LogP contribution < -0.4 is 10.9 Å². The first kappa shape index (κ1) is 10.5. The molecule has 0 saturated heterocycles. The third kappa shape index (κ3) is 2.73. The molecule has 1 aromatic rings. The fourth-order valence-corrected chi connectivity index (χ4v) is 1.35. The smallest absolute Gasteiger partial charge is 0.220 e. The van der Waals surface area contributed by atoms with Gasteiger partial charge in [-0.15, -0.1) is 0 Å². The van der Waals surface area contributed by atoms with E-state index in [1.165, 1.54) is 5.01 Å². The molecule has 0 aliphatic carbocycles. The standard InChI is InChI=1S/C7H7Br3N2/c8-7(9,10)12(11)6-4-2-1-3-5-6/h1-5H,11H2. The molecule has 0 aromatic heterocycles. The number of para-hydroxylation sites is 1. The molecule has 0 aliphatic heterocycles. The third-order valence-corrected chi connectivity index (χ3v) is 2.45. The Morgan fingerprint density at radius 1 is 1.08 bits per heavy atom. The van der Waals surface area contributed by atoms with Crippen molar-refractivity contribution < 1.29 is 0 Å². The quantitative estimate of drug-likeness (QED) is 0.361. The molecule has 0 fully saturated rings. The van der Waals surface area contributed by atoms with Gasteiger partial charge < -0.3 is 0 Å². The number of nitrogens with two attached hydrogens (primary N) is 1. The van der Waals surface area contributed by atoms with Crippen molar-refractivity contribution in [3.8, 4) is 0 Å². The van der Waals surface area contributed by atoms with Gasteiger partial charge >= 0.3 is 0 Å². The number of hydrazine groups is 1. The molecule has 0 radical (unpaired) electrons. The number of anilines is 1. The Bertz CT molecular complexity index is 245. The van der Waals surface area contributed by atoms with E-state index in [1.807, 2.05) is 30.3 Å². The largest absolute Gasteiger partial charge is 0.275 e. The summed E-state index contributed by atoms with van der Waals surface area (Å²) in [7, 11) is 0. The van der Waals surface area contributed by atoms with Gasteiger partial charge in [0.1, 0.15) is 0 Å². The normalized spacial score (nSPS) is 11.3. The molecule has 12 heavy (non-hydrogen) atoms. The van der Waals surface area contributed by atoms with Gasteiger partial charge in [0.2, 0.25) is 2.27 Å². The Labute approximate surface area is 96.5 Å². The van der Waals surface area contributed by atoms with Crippen LogP contribution in [0.2, 0.25) is 0 Å². The minimum Gasteiger partial charge on any atom is -0.275 e. The van der Waals surface area contributed by atoms with Crippen molar-refractivity contribution >= 4 is 53.5 Å². The maximum absolute atomic E-state index is 5.76. The molecule has 2 nitrogen and oxygen atoms in total. The van der Waals surface area contributed by atoms with Gasteiger partial charge in [-0.05, 0) is 59.9 Å². The fraction of sp³-hybridized carbons (Fsp3) is 0.143. The molecule has 0 atom stereocenters. The first-order valence-electron chi connectivity index (χ1n) is 3.18. The Morgan fingerprint density at radius 2 is 1.58 bits per heavy atom. The number of hydrogen-bond donors (Lipinski definition) is 1. The highest BCUT2D eigenvalue weighted by atomic mass is 80.0. The minimum atomic E-state index is -0.589. The molecule has 1 aromatic carbocycles. The van der Waals surface area contributed by atoms with Gasteiger partial charge in [0, 0.05) is 0 Å². The Hall–Kier alpha value is 0.420. The molecule has 0 amide bonds. The fourth-order valence-electron chi connectivity index (χ4n) is 0.735. The van der Waals surface area contributed by atoms with Crippen LogP contribution in [0.3, 0.4) is 0 Å². The van der Waals surface area contributed by atoms with Crippen molar-refractivity contribution in [1.82, 2.24) is 0 Å². The van der Waals surface area contributed by atoms with Crippen LogP contribution in [-0.4, -0.2) is 2.27 Å². The second-order valence-corrected chi connectivity index (χ2v) is 8.81. The zero-order valence-corrected chi connectivity index (χ0v) is 10.8. The summed E-state index contributed by atoms with van der Waals surface area (Å²) in [4.78, 5) is 0. The zero-order valence-electron chi connectivity index (χ0n) is 6.05. The van der Waals surface area contributed by atoms with Crippen LogP contribution in [0.4, 0.5) is 5.69 Å². The van der Waals surface area contributed by atoms with E-state index in [4.69, 9.17) is 5.84 Å². The van der Waals surface area contributed by atoms with Gasteiger partial charge in [0.05, 0.1) is 5.69 Å². The van der Waals surface area contributed by atoms with E-state index in [-0.39, 0.29) is 0 Å². The second kappa shape index (κ2) is 4.09. The van der Waals surface area contributed by atoms with E-state index in [9.17, 15) is 0 Å². The highest BCUT2D eigenvalue weighted by Gasteiger charge is 2.24. The summed E-state index contributed by atoms with van der Waals surface area (Å²) >= 11 is 9.94. The van der Waals surface area contributed by atoms with E-state index in [0.717, 1.165) is 5.69 Å². The molecule has 2 N–H and O–H groups in total. The van der Waals surface area contributed by atoms with Crippen molar-refractivity contribution in [2.24, 2.45) is 5.84 Å². The number of alkyl halides is 3. The number of nitrogens with zero attached hydrogens (tertiary/aromatic N) is 1. The average Bonchev–Trinajstić information content (AvgIpc) is 2.03. The van der Waals surface area contributed by atoms with Crippen LogP contribution in [0.25, 0.3) is 0 Å². The molecule has 0 unspecified atom stereocenters. The second-order valence-electron chi connectivity index (χ2n) is 2.17. The van der Waals surface area contributed by atoms with Gasteiger partial charge in [-0.1, -0.05) is 18.2 Å². The SMILES string of the molecule is NN(c1ccccc1)C(Br)(Br)Br. The van der Waals surface area contributed by atoms with E-state index in [1.54, 1.807) is 0 Å². The maximum atomic E-state index is 5.76. The van der Waals surface area contributed by atoms with Crippen molar-refractivity contribution in [2.75, 3.05) is 5.01 Å². The Kier molecular flexibility index (Phi) is 3.58. The van der Waals surface area contributed by atoms with Crippen LogP contribution in [-0.2, 0) is 0 Å². The lowest BCUT2D eigenvalue weighted by Gasteiger charge is -2.27. The number of hydrogen-bond acceptors (Lipinski definition) is 2. The lowest BCUT2D eigenvalue weighted by Crippen LogP contribution is -2.40. The number of halogens is 3. The van der Waals surface area contributed by atoms with Crippen LogP contribution in [0.5, 0.6) is 0 Å². The molecular weight excluding hydrogens is 352 g/mol. The van der Waals surface area contributed by atoms with Crippen molar-refractivity contribution in [1.29, 1.82) is 0 Å². The summed E-state index contributed by atoms with van der Waals surface area (Å²) in [6.45, 7) is 0. The van der Waals surface area contributed by atoms with Crippen LogP contribution in [0, 0.1) is 0 Å². The summed E-state index contributed by atoms with van der Waals surface area (Å²) in [6.07, 6.45) is 0. The number of rotatable bonds is 1. The highest BCUT2D eigenvalue weighted by Crippen LogP contribution is 2.37. The summed E-state index contributed by atoms with van der Waals surface area (Å²) in [5.74, 6) is 5.76. The molecule has 0 aliphatic rings. The van der Waals surface area contributed by atoms with Gasteiger partial charge in [0.15, 0.2) is 0 Å². The van der Waals surface area contributed by atoms with Crippen molar-refractivity contribution in [3.05, 3.63) is 30.3 Å². The zero-order chi connectivity index (χ0) is 9.19. The molecule has 0 spiro atoms. The van der Waals surface area contributed by atoms with E-state index in [0.29, 0.717) is 0 Å². The Morgan fingerprint density at radius 3 is 2.00 bits per heavy atom. The number of benzene rings is 1. The summed E-state index contributed by atoms with van der Waals surface area (Å²) < 4.78 is -0.589. The van der Waals surface area contributed by atoms with Crippen molar-refractivity contribution in [3.63, 3.8) is 0 Å². The molecule has 5 heteroatoms. The molecule has 1 rings (SSSR count). The topological polar surface area (TPSA) is 29.3 Å². The van der Waals surface area contributed by atoms with Gasteiger partial charge in [-0.3, -0.25) is 5.01 Å². The minimum absolute atomic E-state index is 0.589. The predicted octanol–water partition coefficient (Wildman–Crippen LogP) is 3.16. The van der Waals surface area contributed by atoms with E-state index in [2.05, 4.69) is 47.8 Å². The van der Waals surface area contributed by atoms with Crippen LogP contribution >= 0.6 is 47.8 Å². The predicted molar refractivity (Wildman–Crippen MR) is 62.6 cm³/mol. The first-order valence-corrected chi connectivity index (χ1v) is 5.56. The average molecular weight is 359 g/mol. The van der Waals surface area contributed by atoms with Gasteiger partial charge in [0.25, 0.3) is 0 Å². The molecule has 66 valence electrons. The Balaban J connectivity index is 2.86. The summed E-state index contributed by atoms with van der Waals surface area (Å²) in [6, 6.07) is 9.62. The lowest BCUT2D eigenvalue weighted by atomic mass is 10.3. The first-order chi connectivity index (χ1) is 5.52. The molecule has 0 heterocycles. The molecule has 0 saturated carbocycles. The van der Waals surface area contributed by atoms with Crippen LogP contribution in [0.15, 0.2) is 30.3 Å². The van der Waals surface area contributed by atoms with Gasteiger partial charge in [-0.2, -0.15) is 0 Å². The van der Waals surface area contributed by atoms with E-state index >= 15 is 0 Å². The molecule has 0 bridgehead atoms.